The Labute approximate surface area is 204 Å². The van der Waals surface area contributed by atoms with E-state index in [4.69, 9.17) is 11.8 Å². The summed E-state index contributed by atoms with van der Waals surface area (Å²) in [5.74, 6) is 0. The Morgan fingerprint density at radius 3 is 1.72 bits per heavy atom. The summed E-state index contributed by atoms with van der Waals surface area (Å²) in [6.07, 6.45) is 1.79. The molecule has 1 aliphatic rings. The zero-order valence-electron chi connectivity index (χ0n) is 17.5. The number of benzene rings is 3. The molecule has 160 valence electrons. The maximum Gasteiger partial charge on any atom is 3.00 e. The molecule has 1 fully saturated rings. The van der Waals surface area contributed by atoms with Gasteiger partial charge in [-0.05, 0) is 36.0 Å². The normalized spacial score (nSPS) is 11.8. The fraction of sp³-hybridized carbons (Fsp3) is 0.0741. The maximum atomic E-state index is 6.25. The van der Waals surface area contributed by atoms with Gasteiger partial charge in [-0.15, -0.1) is 35.9 Å². The summed E-state index contributed by atoms with van der Waals surface area (Å²) in [6.45, 7) is 9.02. The molecule has 1 aromatic heterocycles. The minimum absolute atomic E-state index is 0. The molecule has 0 aliphatic carbocycles. The summed E-state index contributed by atoms with van der Waals surface area (Å²) >= 11 is 0. The van der Waals surface area contributed by atoms with Gasteiger partial charge in [-0.1, -0.05) is 48.5 Å². The summed E-state index contributed by atoms with van der Waals surface area (Å²) < 4.78 is 0. The second-order valence-electron chi connectivity index (χ2n) is 6.66. The summed E-state index contributed by atoms with van der Waals surface area (Å²) in [7, 11) is 0. The monoisotopic (exact) mass is 596 g/mol. The van der Waals surface area contributed by atoms with Crippen LogP contribution in [0.25, 0.3) is 11.3 Å². The van der Waals surface area contributed by atoms with Crippen LogP contribution in [0, 0.1) is 24.6 Å². The van der Waals surface area contributed by atoms with Crippen LogP contribution in [0.3, 0.4) is 0 Å². The van der Waals surface area contributed by atoms with Gasteiger partial charge in [0.15, 0.2) is 0 Å². The van der Waals surface area contributed by atoms with E-state index >= 15 is 0 Å². The van der Waals surface area contributed by atoms with Gasteiger partial charge < -0.3 is 26.6 Å². The van der Waals surface area contributed by atoms with E-state index in [9.17, 15) is 0 Å². The van der Waals surface area contributed by atoms with E-state index in [-0.39, 0.29) is 20.1 Å². The number of hydrogen-bond acceptors (Lipinski definition) is 4. The Bertz CT molecular complexity index is 942. The Morgan fingerprint density at radius 1 is 0.719 bits per heavy atom. The predicted octanol–water partition coefficient (Wildman–Crippen LogP) is 5.78. The molecule has 32 heavy (non-hydrogen) atoms. The van der Waals surface area contributed by atoms with E-state index < -0.39 is 0 Å². The van der Waals surface area contributed by atoms with Crippen molar-refractivity contribution in [3.05, 3.63) is 129 Å². The predicted molar refractivity (Wildman–Crippen MR) is 125 cm³/mol. The third-order valence-corrected chi connectivity index (χ3v) is 4.69. The average Bonchev–Trinajstić information content (AvgIpc) is 3.38. The number of hydrogen-bond donors (Lipinski definition) is 0. The molecule has 4 aromatic rings. The van der Waals surface area contributed by atoms with Crippen molar-refractivity contribution in [2.45, 2.75) is 0 Å². The average molecular weight is 596 g/mol. The molecule has 5 rings (SSSR count). The first kappa shape index (κ1) is 24.8. The third kappa shape index (κ3) is 7.06. The van der Waals surface area contributed by atoms with Crippen LogP contribution in [-0.2, 0) is 20.1 Å². The molecule has 4 nitrogen and oxygen atoms in total. The third-order valence-electron chi connectivity index (χ3n) is 4.69. The molecule has 1 saturated heterocycles. The van der Waals surface area contributed by atoms with Crippen LogP contribution < -0.4 is 9.80 Å². The van der Waals surface area contributed by atoms with Crippen molar-refractivity contribution >= 4 is 11.4 Å². The smallest absolute Gasteiger partial charge is 0.512 e. The van der Waals surface area contributed by atoms with Crippen molar-refractivity contribution in [2.75, 3.05) is 22.9 Å². The molecule has 2 heterocycles. The van der Waals surface area contributed by atoms with Gasteiger partial charge in [0.25, 0.3) is 0 Å². The van der Waals surface area contributed by atoms with Gasteiger partial charge in [-0.2, -0.15) is 6.67 Å². The topological polar surface area (TPSA) is 43.2 Å². The molecule has 0 unspecified atom stereocenters. The fourth-order valence-corrected chi connectivity index (χ4v) is 3.20. The first-order valence-corrected chi connectivity index (χ1v) is 9.99. The van der Waals surface area contributed by atoms with Gasteiger partial charge in [0.2, 0.25) is 0 Å². The van der Waals surface area contributed by atoms with Crippen LogP contribution in [0.4, 0.5) is 11.4 Å². The molecule has 5 heteroatoms. The van der Waals surface area contributed by atoms with Gasteiger partial charge in [0.1, 0.15) is 0 Å². The SMILES string of the molecule is [C-]#N.[Ir+3].[c-]1ccccc1-c1ccccn1.c1ccc(N2[CH-]N(c3ccccc3)CC2)cc1. The van der Waals surface area contributed by atoms with Crippen molar-refractivity contribution in [1.29, 1.82) is 5.26 Å². The minimum Gasteiger partial charge on any atom is -0.512 e. The van der Waals surface area contributed by atoms with E-state index in [0.717, 1.165) is 24.3 Å². The standard InChI is InChI=1S/C15H15N2.C11H8N.CN.Ir/c1-3-7-14(8-4-1)16-11-12-17(13-16)15-9-5-2-6-10-15;1-2-6-10(7-3-1)11-8-4-5-9-12-11;1-2;/h1-10,13H,11-12H2;1-6,8-9H;;/q3*-1;+3. The Morgan fingerprint density at radius 2 is 1.25 bits per heavy atom. The molecule has 3 aromatic carbocycles. The number of nitrogens with zero attached hydrogens (tertiary/aromatic N) is 4. The quantitative estimate of drug-likeness (QED) is 0.282. The largest absolute Gasteiger partial charge is 3.00 e. The molecular weight excluding hydrogens is 573 g/mol. The number of aromatic nitrogens is 1. The maximum absolute atomic E-state index is 6.25. The van der Waals surface area contributed by atoms with Crippen molar-refractivity contribution in [1.82, 2.24) is 4.98 Å². The van der Waals surface area contributed by atoms with Gasteiger partial charge in [-0.3, -0.25) is 0 Å². The van der Waals surface area contributed by atoms with Crippen molar-refractivity contribution in [3.8, 4) is 11.3 Å². The second kappa shape index (κ2) is 13.8. The van der Waals surface area contributed by atoms with E-state index in [1.807, 2.05) is 42.5 Å². The molecule has 0 bridgehead atoms. The minimum atomic E-state index is 0. The first-order valence-electron chi connectivity index (χ1n) is 9.99. The molecule has 0 atom stereocenters. The van der Waals surface area contributed by atoms with Gasteiger partial charge in [-0.25, -0.2) is 0 Å². The van der Waals surface area contributed by atoms with Crippen LogP contribution in [0.1, 0.15) is 0 Å². The summed E-state index contributed by atoms with van der Waals surface area (Å²) in [5, 5.41) is 6.25. The zero-order chi connectivity index (χ0) is 21.7. The molecule has 0 N–H and O–H groups in total. The number of pyridine rings is 1. The van der Waals surface area contributed by atoms with Gasteiger partial charge >= 0.3 is 20.1 Å². The van der Waals surface area contributed by atoms with Crippen LogP contribution in [0.5, 0.6) is 0 Å². The second-order valence-corrected chi connectivity index (χ2v) is 6.66. The van der Waals surface area contributed by atoms with Gasteiger partial charge in [0.05, 0.1) is 0 Å². The molecule has 0 radical (unpaired) electrons. The summed E-state index contributed by atoms with van der Waals surface area (Å²) in [4.78, 5) is 8.79. The molecule has 0 amide bonds. The van der Waals surface area contributed by atoms with Crippen molar-refractivity contribution in [3.63, 3.8) is 0 Å². The Balaban J connectivity index is 0.000000214. The van der Waals surface area contributed by atoms with E-state index in [2.05, 4.69) is 88.2 Å². The van der Waals surface area contributed by atoms with E-state index in [1.165, 1.54) is 11.4 Å². The van der Waals surface area contributed by atoms with Crippen LogP contribution in [0.15, 0.2) is 109 Å². The van der Waals surface area contributed by atoms with Crippen molar-refractivity contribution < 1.29 is 20.1 Å². The van der Waals surface area contributed by atoms with Crippen LogP contribution in [-0.4, -0.2) is 18.1 Å². The van der Waals surface area contributed by atoms with E-state index in [0.29, 0.717) is 0 Å². The Hall–Kier alpha value is -3.45. The van der Waals surface area contributed by atoms with Gasteiger partial charge in [0, 0.05) is 30.7 Å². The molecule has 0 spiro atoms. The summed E-state index contributed by atoms with van der Waals surface area (Å²) in [6, 6.07) is 37.8. The van der Waals surface area contributed by atoms with Crippen LogP contribution >= 0.6 is 0 Å². The summed E-state index contributed by atoms with van der Waals surface area (Å²) in [5.41, 5.74) is 4.52. The van der Waals surface area contributed by atoms with Crippen molar-refractivity contribution in [2.24, 2.45) is 0 Å². The molecule has 1 aliphatic heterocycles. The molecular formula is C27H23IrN4. The van der Waals surface area contributed by atoms with E-state index in [1.54, 1.807) is 6.20 Å². The number of para-hydroxylation sites is 2. The number of anilines is 2. The van der Waals surface area contributed by atoms with Crippen LogP contribution in [0.2, 0.25) is 0 Å². The number of rotatable bonds is 3. The first-order chi connectivity index (χ1) is 15.4. The Kier molecular flexibility index (Phi) is 10.7. The molecule has 0 saturated carbocycles. The zero-order valence-corrected chi connectivity index (χ0v) is 19.9. The fourth-order valence-electron chi connectivity index (χ4n) is 3.20.